The van der Waals surface area contributed by atoms with Crippen molar-refractivity contribution >= 4 is 18.1 Å². The number of aromatic nitrogens is 5. The van der Waals surface area contributed by atoms with E-state index >= 15 is 0 Å². The first kappa shape index (κ1) is 18.5. The maximum atomic E-state index is 5.44. The third-order valence-electron chi connectivity index (χ3n) is 4.58. The number of ether oxygens (including phenoxy) is 1. The fourth-order valence-electron chi connectivity index (χ4n) is 3.17. The van der Waals surface area contributed by atoms with Gasteiger partial charge in [0.25, 0.3) is 0 Å². The van der Waals surface area contributed by atoms with Crippen molar-refractivity contribution in [3.05, 3.63) is 54.7 Å². The highest BCUT2D eigenvalue weighted by Crippen LogP contribution is 2.24. The lowest BCUT2D eigenvalue weighted by Crippen LogP contribution is -2.35. The molecule has 0 bridgehead atoms. The summed E-state index contributed by atoms with van der Waals surface area (Å²) in [5.74, 6) is 1.20. The summed E-state index contributed by atoms with van der Waals surface area (Å²) in [5, 5.41) is 8.42. The zero-order chi connectivity index (χ0) is 18.1. The van der Waals surface area contributed by atoms with E-state index in [9.17, 15) is 0 Å². The van der Waals surface area contributed by atoms with Gasteiger partial charge < -0.3 is 9.26 Å². The Labute approximate surface area is 167 Å². The van der Waals surface area contributed by atoms with Gasteiger partial charge in [-0.3, -0.25) is 4.90 Å². The molecule has 28 heavy (non-hydrogen) atoms. The van der Waals surface area contributed by atoms with E-state index in [2.05, 4.69) is 25.1 Å². The molecule has 9 heteroatoms. The second-order valence-corrected chi connectivity index (χ2v) is 6.43. The molecule has 0 aliphatic carbocycles. The van der Waals surface area contributed by atoms with E-state index in [1.807, 2.05) is 42.6 Å². The first-order chi connectivity index (χ1) is 13.3. The zero-order valence-corrected chi connectivity index (χ0v) is 15.9. The minimum atomic E-state index is 0. The van der Waals surface area contributed by atoms with Crippen molar-refractivity contribution in [3.63, 3.8) is 0 Å². The molecule has 0 unspecified atom stereocenters. The summed E-state index contributed by atoms with van der Waals surface area (Å²) in [7, 11) is 0. The molecule has 5 rings (SSSR count). The van der Waals surface area contributed by atoms with Crippen LogP contribution < -0.4 is 0 Å². The standard InChI is InChI=1S/C19H18N6O2.ClH/c1-3-14(16-12-25-17(21-16)5-2-6-20-25)11-15(4-1)19-22-18(27-23-19)13-24-7-9-26-10-8-24;/h1-6,11-12H,7-10,13H2;1H. The smallest absolute Gasteiger partial charge is 0.241 e. The van der Waals surface area contributed by atoms with Crippen LogP contribution in [0.3, 0.4) is 0 Å². The van der Waals surface area contributed by atoms with E-state index < -0.39 is 0 Å². The number of hydrogen-bond donors (Lipinski definition) is 0. The summed E-state index contributed by atoms with van der Waals surface area (Å²) < 4.78 is 12.6. The number of benzene rings is 1. The lowest BCUT2D eigenvalue weighted by atomic mass is 10.1. The predicted molar refractivity (Wildman–Crippen MR) is 105 cm³/mol. The molecule has 4 aromatic rings. The van der Waals surface area contributed by atoms with Gasteiger partial charge in [0.05, 0.1) is 31.6 Å². The fourth-order valence-corrected chi connectivity index (χ4v) is 3.17. The monoisotopic (exact) mass is 398 g/mol. The van der Waals surface area contributed by atoms with Gasteiger partial charge in [0.2, 0.25) is 11.7 Å². The summed E-state index contributed by atoms with van der Waals surface area (Å²) in [6.45, 7) is 3.91. The quantitative estimate of drug-likeness (QED) is 0.522. The van der Waals surface area contributed by atoms with Gasteiger partial charge >= 0.3 is 0 Å². The molecule has 0 spiro atoms. The molecule has 1 aromatic carbocycles. The molecular formula is C19H19ClN6O2. The van der Waals surface area contributed by atoms with Crippen LogP contribution in [0.1, 0.15) is 5.89 Å². The summed E-state index contributed by atoms with van der Waals surface area (Å²) >= 11 is 0. The van der Waals surface area contributed by atoms with Crippen LogP contribution in [0.15, 0.2) is 53.3 Å². The average molecular weight is 399 g/mol. The maximum Gasteiger partial charge on any atom is 0.241 e. The normalized spacial score (nSPS) is 14.9. The number of halogens is 1. The van der Waals surface area contributed by atoms with Gasteiger partial charge in [-0.25, -0.2) is 9.50 Å². The Morgan fingerprint density at radius 1 is 1.00 bits per heavy atom. The van der Waals surface area contributed by atoms with Crippen molar-refractivity contribution in [3.8, 4) is 22.6 Å². The molecule has 8 nitrogen and oxygen atoms in total. The first-order valence-electron chi connectivity index (χ1n) is 8.89. The number of nitrogens with zero attached hydrogens (tertiary/aromatic N) is 6. The van der Waals surface area contributed by atoms with Crippen molar-refractivity contribution in [2.24, 2.45) is 0 Å². The molecule has 144 valence electrons. The molecule has 0 amide bonds. The van der Waals surface area contributed by atoms with Gasteiger partial charge in [0.15, 0.2) is 5.65 Å². The molecule has 1 aliphatic heterocycles. The van der Waals surface area contributed by atoms with Gasteiger partial charge in [-0.05, 0) is 18.2 Å². The van der Waals surface area contributed by atoms with Crippen LogP contribution in [-0.4, -0.2) is 55.9 Å². The molecule has 0 radical (unpaired) electrons. The van der Waals surface area contributed by atoms with Crippen LogP contribution in [0.2, 0.25) is 0 Å². The maximum absolute atomic E-state index is 5.44. The molecule has 0 atom stereocenters. The van der Waals surface area contributed by atoms with Crippen LogP contribution in [0, 0.1) is 0 Å². The van der Waals surface area contributed by atoms with E-state index in [1.54, 1.807) is 10.7 Å². The van der Waals surface area contributed by atoms with E-state index in [-0.39, 0.29) is 12.4 Å². The lowest BCUT2D eigenvalue weighted by Gasteiger charge is -2.24. The average Bonchev–Trinajstić information content (AvgIpc) is 3.36. The van der Waals surface area contributed by atoms with Gasteiger partial charge in [-0.2, -0.15) is 10.1 Å². The Morgan fingerprint density at radius 3 is 2.71 bits per heavy atom. The largest absolute Gasteiger partial charge is 0.379 e. The SMILES string of the molecule is Cl.c1cc(-c2cn3ncccc3n2)cc(-c2noc(CN3CCOCC3)n2)c1. The third-order valence-corrected chi connectivity index (χ3v) is 4.58. The number of morpholine rings is 1. The highest BCUT2D eigenvalue weighted by atomic mass is 35.5. The highest BCUT2D eigenvalue weighted by Gasteiger charge is 2.16. The third kappa shape index (κ3) is 3.75. The van der Waals surface area contributed by atoms with Crippen molar-refractivity contribution in [1.82, 2.24) is 29.6 Å². The van der Waals surface area contributed by atoms with Crippen LogP contribution in [0.25, 0.3) is 28.3 Å². The fraction of sp³-hybridized carbons (Fsp3) is 0.263. The first-order valence-corrected chi connectivity index (χ1v) is 8.89. The van der Waals surface area contributed by atoms with Gasteiger partial charge in [0, 0.05) is 30.4 Å². The minimum absolute atomic E-state index is 0. The Morgan fingerprint density at radius 2 is 1.86 bits per heavy atom. The van der Waals surface area contributed by atoms with Gasteiger partial charge in [-0.15, -0.1) is 12.4 Å². The molecule has 0 saturated carbocycles. The molecule has 1 aliphatic rings. The topological polar surface area (TPSA) is 81.6 Å². The number of imidazole rings is 1. The Balaban J connectivity index is 0.00000192. The van der Waals surface area contributed by atoms with Crippen LogP contribution in [-0.2, 0) is 11.3 Å². The molecule has 0 N–H and O–H groups in total. The van der Waals surface area contributed by atoms with Crippen molar-refractivity contribution in [2.75, 3.05) is 26.3 Å². The summed E-state index contributed by atoms with van der Waals surface area (Å²) in [6.07, 6.45) is 3.65. The Kier molecular flexibility index (Phi) is 5.34. The van der Waals surface area contributed by atoms with Crippen LogP contribution in [0.5, 0.6) is 0 Å². The summed E-state index contributed by atoms with van der Waals surface area (Å²) in [4.78, 5) is 11.4. The predicted octanol–water partition coefficient (Wildman–Crippen LogP) is 2.70. The molecule has 1 fully saturated rings. The van der Waals surface area contributed by atoms with Crippen molar-refractivity contribution in [2.45, 2.75) is 6.54 Å². The summed E-state index contributed by atoms with van der Waals surface area (Å²) in [5.41, 5.74) is 3.55. The lowest BCUT2D eigenvalue weighted by molar-refractivity contribution is 0.0297. The number of hydrogen-bond acceptors (Lipinski definition) is 7. The summed E-state index contributed by atoms with van der Waals surface area (Å²) in [6, 6.07) is 11.8. The number of rotatable bonds is 4. The van der Waals surface area contributed by atoms with E-state index in [4.69, 9.17) is 9.26 Å². The Hall–Kier alpha value is -2.81. The van der Waals surface area contributed by atoms with E-state index in [0.29, 0.717) is 18.3 Å². The number of fused-ring (bicyclic) bond motifs is 1. The highest BCUT2D eigenvalue weighted by molar-refractivity contribution is 5.85. The molecular weight excluding hydrogens is 380 g/mol. The van der Waals surface area contributed by atoms with Gasteiger partial charge in [0.1, 0.15) is 0 Å². The second-order valence-electron chi connectivity index (χ2n) is 6.43. The van der Waals surface area contributed by atoms with E-state index in [0.717, 1.165) is 48.8 Å². The molecule has 4 heterocycles. The minimum Gasteiger partial charge on any atom is -0.379 e. The van der Waals surface area contributed by atoms with E-state index in [1.165, 1.54) is 0 Å². The molecule has 3 aromatic heterocycles. The van der Waals surface area contributed by atoms with Crippen molar-refractivity contribution < 1.29 is 9.26 Å². The molecule has 1 saturated heterocycles. The van der Waals surface area contributed by atoms with Crippen LogP contribution in [0.4, 0.5) is 0 Å². The Bertz CT molecular complexity index is 1040. The van der Waals surface area contributed by atoms with Crippen LogP contribution >= 0.6 is 12.4 Å². The van der Waals surface area contributed by atoms with Gasteiger partial charge in [-0.1, -0.05) is 23.4 Å². The zero-order valence-electron chi connectivity index (χ0n) is 15.1. The second kappa shape index (κ2) is 8.05. The van der Waals surface area contributed by atoms with Crippen molar-refractivity contribution in [1.29, 1.82) is 0 Å².